The number of amides is 1. The Kier molecular flexibility index (Phi) is 7.41. The van der Waals surface area contributed by atoms with Crippen LogP contribution in [0.3, 0.4) is 0 Å². The molecule has 3 aromatic rings. The average molecular weight is 446 g/mol. The number of rotatable bonds is 7. The standard InChI is InChI=1S/C25H27N5O3/c31-18-23(11-8-19-6-9-21(10-7-19)20-4-2-1-3-5-20)29-12-14-30(15-13-29)25-26-16-22(17-27-25)24(32)28-33/h1-11,16-17,23,31,33H,12-15,18H2,(H,28,32)/b11-8+. The molecular formula is C25H27N5O3. The van der Waals surface area contributed by atoms with Gasteiger partial charge >= 0.3 is 0 Å². The minimum atomic E-state index is -0.640. The third kappa shape index (κ3) is 5.61. The van der Waals surface area contributed by atoms with Crippen LogP contribution in [0.5, 0.6) is 0 Å². The summed E-state index contributed by atoms with van der Waals surface area (Å²) in [4.78, 5) is 24.1. The third-order valence-corrected chi connectivity index (χ3v) is 5.78. The molecule has 1 aliphatic rings. The second-order valence-corrected chi connectivity index (χ2v) is 7.83. The first kappa shape index (κ1) is 22.6. The number of hydrogen-bond acceptors (Lipinski definition) is 7. The number of aliphatic hydroxyl groups is 1. The highest BCUT2D eigenvalue weighted by Crippen LogP contribution is 2.20. The van der Waals surface area contributed by atoms with Crippen molar-refractivity contribution >= 4 is 17.9 Å². The summed E-state index contributed by atoms with van der Waals surface area (Å²) < 4.78 is 0. The molecule has 2 heterocycles. The molecule has 1 aliphatic heterocycles. The minimum Gasteiger partial charge on any atom is -0.394 e. The molecule has 8 nitrogen and oxygen atoms in total. The number of anilines is 1. The smallest absolute Gasteiger partial charge is 0.277 e. The number of aliphatic hydroxyl groups excluding tert-OH is 1. The Labute approximate surface area is 192 Å². The first-order valence-corrected chi connectivity index (χ1v) is 10.9. The summed E-state index contributed by atoms with van der Waals surface area (Å²) in [6, 6.07) is 18.6. The summed E-state index contributed by atoms with van der Waals surface area (Å²) in [5.74, 6) is -0.0996. The van der Waals surface area contributed by atoms with Crippen LogP contribution >= 0.6 is 0 Å². The Balaban J connectivity index is 1.33. The summed E-state index contributed by atoms with van der Waals surface area (Å²) in [5.41, 5.74) is 5.22. The molecule has 2 aromatic carbocycles. The first-order valence-electron chi connectivity index (χ1n) is 10.9. The number of nitrogens with one attached hydrogen (secondary N) is 1. The van der Waals surface area contributed by atoms with Gasteiger partial charge in [0.2, 0.25) is 5.95 Å². The molecule has 0 bridgehead atoms. The molecule has 1 aromatic heterocycles. The van der Waals surface area contributed by atoms with Crippen molar-refractivity contribution in [1.29, 1.82) is 0 Å². The second-order valence-electron chi connectivity index (χ2n) is 7.83. The number of hydrogen-bond donors (Lipinski definition) is 3. The van der Waals surface area contributed by atoms with Crippen molar-refractivity contribution in [3.05, 3.63) is 84.2 Å². The van der Waals surface area contributed by atoms with Crippen molar-refractivity contribution in [2.45, 2.75) is 6.04 Å². The number of aromatic nitrogens is 2. The lowest BCUT2D eigenvalue weighted by Gasteiger charge is -2.37. The number of hydroxylamine groups is 1. The molecule has 0 radical (unpaired) electrons. The topological polar surface area (TPSA) is 102 Å². The van der Waals surface area contributed by atoms with Crippen LogP contribution in [0, 0.1) is 0 Å². The molecule has 1 fully saturated rings. The maximum absolute atomic E-state index is 11.4. The highest BCUT2D eigenvalue weighted by atomic mass is 16.5. The highest BCUT2D eigenvalue weighted by molar-refractivity contribution is 5.92. The lowest BCUT2D eigenvalue weighted by atomic mass is 10.0. The van der Waals surface area contributed by atoms with E-state index in [4.69, 9.17) is 5.21 Å². The van der Waals surface area contributed by atoms with Crippen LogP contribution in [0.15, 0.2) is 73.1 Å². The van der Waals surface area contributed by atoms with Gasteiger partial charge in [0.1, 0.15) is 0 Å². The summed E-state index contributed by atoms with van der Waals surface area (Å²) in [7, 11) is 0. The van der Waals surface area contributed by atoms with Gasteiger partial charge < -0.3 is 10.0 Å². The monoisotopic (exact) mass is 445 g/mol. The molecule has 33 heavy (non-hydrogen) atoms. The fraction of sp³-hybridized carbons (Fsp3) is 0.240. The number of nitrogens with zero attached hydrogens (tertiary/aromatic N) is 4. The molecule has 8 heteroatoms. The van der Waals surface area contributed by atoms with E-state index in [1.54, 1.807) is 5.48 Å². The molecule has 1 saturated heterocycles. The summed E-state index contributed by atoms with van der Waals surface area (Å²) in [5, 5.41) is 18.6. The lowest BCUT2D eigenvalue weighted by Crippen LogP contribution is -2.51. The van der Waals surface area contributed by atoms with Crippen LogP contribution in [0.2, 0.25) is 0 Å². The molecule has 0 spiro atoms. The maximum atomic E-state index is 11.4. The van der Waals surface area contributed by atoms with Crippen molar-refractivity contribution in [1.82, 2.24) is 20.3 Å². The van der Waals surface area contributed by atoms with Gasteiger partial charge in [-0.3, -0.25) is 14.9 Å². The predicted octanol–water partition coefficient (Wildman–Crippen LogP) is 2.46. The van der Waals surface area contributed by atoms with Crippen molar-refractivity contribution in [2.75, 3.05) is 37.7 Å². The van der Waals surface area contributed by atoms with Gasteiger partial charge in [0.25, 0.3) is 5.91 Å². The zero-order chi connectivity index (χ0) is 23.0. The zero-order valence-corrected chi connectivity index (χ0v) is 18.2. The van der Waals surface area contributed by atoms with Gasteiger partial charge in [0.05, 0.1) is 18.2 Å². The predicted molar refractivity (Wildman–Crippen MR) is 127 cm³/mol. The van der Waals surface area contributed by atoms with E-state index in [1.807, 2.05) is 29.2 Å². The second kappa shape index (κ2) is 10.8. The van der Waals surface area contributed by atoms with Gasteiger partial charge in [-0.2, -0.15) is 0 Å². The van der Waals surface area contributed by atoms with E-state index in [1.165, 1.54) is 23.5 Å². The fourth-order valence-electron chi connectivity index (χ4n) is 3.86. The van der Waals surface area contributed by atoms with E-state index in [0.717, 1.165) is 18.7 Å². The van der Waals surface area contributed by atoms with E-state index >= 15 is 0 Å². The van der Waals surface area contributed by atoms with Gasteiger partial charge in [-0.1, -0.05) is 66.7 Å². The fourth-order valence-corrected chi connectivity index (χ4v) is 3.86. The Hall–Kier alpha value is -3.59. The molecule has 170 valence electrons. The van der Waals surface area contributed by atoms with Crippen LogP contribution in [0.1, 0.15) is 15.9 Å². The van der Waals surface area contributed by atoms with E-state index in [2.05, 4.69) is 57.3 Å². The van der Waals surface area contributed by atoms with Crippen molar-refractivity contribution in [3.63, 3.8) is 0 Å². The van der Waals surface area contributed by atoms with Crippen LogP contribution in [0.25, 0.3) is 17.2 Å². The van der Waals surface area contributed by atoms with Gasteiger partial charge in [0, 0.05) is 38.6 Å². The molecule has 1 unspecified atom stereocenters. The number of carbonyl (C=O) groups excluding carboxylic acids is 1. The highest BCUT2D eigenvalue weighted by Gasteiger charge is 2.23. The molecule has 1 atom stereocenters. The molecule has 0 saturated carbocycles. The third-order valence-electron chi connectivity index (χ3n) is 5.78. The Morgan fingerprint density at radius 1 is 0.970 bits per heavy atom. The summed E-state index contributed by atoms with van der Waals surface area (Å²) in [6.45, 7) is 2.97. The molecule has 4 rings (SSSR count). The minimum absolute atomic E-state index is 0.0417. The quantitative estimate of drug-likeness (QED) is 0.379. The number of piperazine rings is 1. The average Bonchev–Trinajstić information content (AvgIpc) is 2.90. The van der Waals surface area contributed by atoms with E-state index in [0.29, 0.717) is 19.0 Å². The molecule has 3 N–H and O–H groups in total. The normalized spacial score (nSPS) is 15.5. The lowest BCUT2D eigenvalue weighted by molar-refractivity contribution is 0.0705. The van der Waals surface area contributed by atoms with Gasteiger partial charge in [-0.05, 0) is 16.7 Å². The SMILES string of the molecule is O=C(NO)c1cnc(N2CCN(C(/C=C/c3ccc(-c4ccccc4)cc3)CO)CC2)nc1. The van der Waals surface area contributed by atoms with Gasteiger partial charge in [-0.25, -0.2) is 15.4 Å². The van der Waals surface area contributed by atoms with Crippen LogP contribution < -0.4 is 10.4 Å². The van der Waals surface area contributed by atoms with E-state index < -0.39 is 5.91 Å². The Morgan fingerprint density at radius 2 is 1.61 bits per heavy atom. The van der Waals surface area contributed by atoms with Crippen LogP contribution in [0.4, 0.5) is 5.95 Å². The Morgan fingerprint density at radius 3 is 2.21 bits per heavy atom. The molecule has 1 amide bonds. The summed E-state index contributed by atoms with van der Waals surface area (Å²) >= 11 is 0. The van der Waals surface area contributed by atoms with Gasteiger partial charge in [-0.15, -0.1) is 0 Å². The van der Waals surface area contributed by atoms with Gasteiger partial charge in [0.15, 0.2) is 0 Å². The molecule has 0 aliphatic carbocycles. The zero-order valence-electron chi connectivity index (χ0n) is 18.2. The Bertz CT molecular complexity index is 1060. The summed E-state index contributed by atoms with van der Waals surface area (Å²) in [6.07, 6.45) is 6.88. The van der Waals surface area contributed by atoms with Crippen molar-refractivity contribution < 1.29 is 15.1 Å². The van der Waals surface area contributed by atoms with Crippen LogP contribution in [-0.2, 0) is 0 Å². The van der Waals surface area contributed by atoms with Crippen molar-refractivity contribution in [3.8, 4) is 11.1 Å². The number of benzene rings is 2. The van der Waals surface area contributed by atoms with E-state index in [-0.39, 0.29) is 18.2 Å². The number of carbonyl (C=O) groups is 1. The maximum Gasteiger partial charge on any atom is 0.277 e. The largest absolute Gasteiger partial charge is 0.394 e. The molecular weight excluding hydrogens is 418 g/mol. The van der Waals surface area contributed by atoms with Crippen LogP contribution in [-0.4, -0.2) is 69.9 Å². The first-order chi connectivity index (χ1) is 16.2. The van der Waals surface area contributed by atoms with Crippen molar-refractivity contribution in [2.24, 2.45) is 0 Å². The van der Waals surface area contributed by atoms with E-state index in [9.17, 15) is 9.90 Å².